The summed E-state index contributed by atoms with van der Waals surface area (Å²) in [7, 11) is 1.64. The predicted octanol–water partition coefficient (Wildman–Crippen LogP) is 5.06. The van der Waals surface area contributed by atoms with Crippen LogP contribution in [0.25, 0.3) is 10.9 Å². The first-order chi connectivity index (χ1) is 12.3. The van der Waals surface area contributed by atoms with Crippen molar-refractivity contribution in [3.05, 3.63) is 95.7 Å². The molecule has 25 heavy (non-hydrogen) atoms. The number of aromatic nitrogens is 1. The van der Waals surface area contributed by atoms with Gasteiger partial charge in [0.1, 0.15) is 11.5 Å². The summed E-state index contributed by atoms with van der Waals surface area (Å²) in [5.41, 5.74) is 4.16. The molecule has 0 spiro atoms. The molecule has 0 aliphatic rings. The van der Waals surface area contributed by atoms with Gasteiger partial charge < -0.3 is 14.8 Å². The molecule has 0 aliphatic carbocycles. The Bertz CT molecular complexity index is 1000. The van der Waals surface area contributed by atoms with E-state index < -0.39 is 0 Å². The molecule has 3 nitrogen and oxygen atoms in total. The number of H-pyrrole nitrogens is 1. The zero-order valence-corrected chi connectivity index (χ0v) is 13.9. The standard InChI is InChI=1S/C22H19NO2/c1-25-16-11-12-21(24)18(13-16)22(15-7-3-2-4-8-15)19-14-23-20-10-6-5-9-17(19)20/h2-14,22-24H,1H3. The van der Waals surface area contributed by atoms with Crippen LogP contribution in [0.3, 0.4) is 0 Å². The zero-order chi connectivity index (χ0) is 17.2. The molecule has 3 heteroatoms. The molecule has 4 aromatic rings. The van der Waals surface area contributed by atoms with Gasteiger partial charge in [-0.1, -0.05) is 48.5 Å². The second kappa shape index (κ2) is 6.36. The van der Waals surface area contributed by atoms with Crippen molar-refractivity contribution < 1.29 is 9.84 Å². The van der Waals surface area contributed by atoms with E-state index in [2.05, 4.69) is 29.2 Å². The van der Waals surface area contributed by atoms with Crippen LogP contribution >= 0.6 is 0 Å². The van der Waals surface area contributed by atoms with Crippen LogP contribution in [0.1, 0.15) is 22.6 Å². The molecule has 0 saturated carbocycles. The van der Waals surface area contributed by atoms with Crippen LogP contribution in [-0.4, -0.2) is 17.2 Å². The summed E-state index contributed by atoms with van der Waals surface area (Å²) in [6.07, 6.45) is 2.03. The maximum atomic E-state index is 10.6. The summed E-state index contributed by atoms with van der Waals surface area (Å²) in [4.78, 5) is 3.34. The average Bonchev–Trinajstić information content (AvgIpc) is 3.08. The molecular formula is C22H19NO2. The molecule has 2 N–H and O–H groups in total. The Morgan fingerprint density at radius 3 is 2.44 bits per heavy atom. The van der Waals surface area contributed by atoms with Crippen molar-refractivity contribution in [1.29, 1.82) is 0 Å². The monoisotopic (exact) mass is 329 g/mol. The number of hydrogen-bond donors (Lipinski definition) is 2. The van der Waals surface area contributed by atoms with E-state index >= 15 is 0 Å². The second-order valence-corrected chi connectivity index (χ2v) is 6.06. The lowest BCUT2D eigenvalue weighted by molar-refractivity contribution is 0.410. The Morgan fingerprint density at radius 2 is 1.64 bits per heavy atom. The van der Waals surface area contributed by atoms with Crippen LogP contribution in [0.2, 0.25) is 0 Å². The molecule has 4 rings (SSSR count). The lowest BCUT2D eigenvalue weighted by Gasteiger charge is -2.20. The normalized spacial score (nSPS) is 12.2. The number of benzene rings is 3. The molecule has 0 bridgehead atoms. The van der Waals surface area contributed by atoms with Gasteiger partial charge in [-0.2, -0.15) is 0 Å². The minimum atomic E-state index is -0.0903. The smallest absolute Gasteiger partial charge is 0.120 e. The lowest BCUT2D eigenvalue weighted by atomic mass is 9.84. The summed E-state index contributed by atoms with van der Waals surface area (Å²) < 4.78 is 5.38. The number of ether oxygens (including phenoxy) is 1. The highest BCUT2D eigenvalue weighted by Gasteiger charge is 2.23. The maximum Gasteiger partial charge on any atom is 0.120 e. The minimum absolute atomic E-state index is 0.0903. The number of aromatic amines is 1. The zero-order valence-electron chi connectivity index (χ0n) is 13.9. The summed E-state index contributed by atoms with van der Waals surface area (Å²) in [6, 6.07) is 23.8. The molecule has 0 aliphatic heterocycles. The fourth-order valence-electron chi connectivity index (χ4n) is 3.40. The fraction of sp³-hybridized carbons (Fsp3) is 0.0909. The predicted molar refractivity (Wildman–Crippen MR) is 100 cm³/mol. The van der Waals surface area contributed by atoms with Gasteiger partial charge in [-0.15, -0.1) is 0 Å². The van der Waals surface area contributed by atoms with Crippen molar-refractivity contribution in [3.63, 3.8) is 0 Å². The van der Waals surface area contributed by atoms with Crippen LogP contribution in [0.15, 0.2) is 79.0 Å². The molecule has 3 aromatic carbocycles. The van der Waals surface area contributed by atoms with Gasteiger partial charge in [-0.05, 0) is 35.4 Å². The summed E-state index contributed by atoms with van der Waals surface area (Å²) in [6.45, 7) is 0. The van der Waals surface area contributed by atoms with Crippen molar-refractivity contribution >= 4 is 10.9 Å². The number of rotatable bonds is 4. The third-order valence-electron chi connectivity index (χ3n) is 4.61. The highest BCUT2D eigenvalue weighted by atomic mass is 16.5. The highest BCUT2D eigenvalue weighted by Crippen LogP contribution is 2.41. The number of nitrogens with one attached hydrogen (secondary N) is 1. The van der Waals surface area contributed by atoms with Gasteiger partial charge in [0.05, 0.1) is 7.11 Å². The van der Waals surface area contributed by atoms with E-state index in [0.29, 0.717) is 0 Å². The molecule has 1 aromatic heterocycles. The van der Waals surface area contributed by atoms with E-state index in [1.165, 1.54) is 0 Å². The average molecular weight is 329 g/mol. The highest BCUT2D eigenvalue weighted by molar-refractivity contribution is 5.85. The number of para-hydroxylation sites is 1. The Hall–Kier alpha value is -3.20. The quantitative estimate of drug-likeness (QED) is 0.549. The third-order valence-corrected chi connectivity index (χ3v) is 4.61. The maximum absolute atomic E-state index is 10.6. The molecule has 0 fully saturated rings. The Balaban J connectivity index is 1.98. The van der Waals surface area contributed by atoms with Crippen LogP contribution in [0.4, 0.5) is 0 Å². The molecule has 1 unspecified atom stereocenters. The summed E-state index contributed by atoms with van der Waals surface area (Å²) in [5, 5.41) is 11.7. The fourth-order valence-corrected chi connectivity index (χ4v) is 3.40. The van der Waals surface area contributed by atoms with Gasteiger partial charge in [0.25, 0.3) is 0 Å². The van der Waals surface area contributed by atoms with E-state index in [1.54, 1.807) is 19.2 Å². The molecule has 0 radical (unpaired) electrons. The second-order valence-electron chi connectivity index (χ2n) is 6.06. The van der Waals surface area contributed by atoms with Crippen molar-refractivity contribution in [1.82, 2.24) is 4.98 Å². The van der Waals surface area contributed by atoms with E-state index in [4.69, 9.17) is 4.74 Å². The number of methoxy groups -OCH3 is 1. The van der Waals surface area contributed by atoms with Crippen molar-refractivity contribution in [2.45, 2.75) is 5.92 Å². The van der Waals surface area contributed by atoms with E-state index in [0.717, 1.165) is 33.3 Å². The van der Waals surface area contributed by atoms with E-state index in [9.17, 15) is 5.11 Å². The van der Waals surface area contributed by atoms with E-state index in [-0.39, 0.29) is 11.7 Å². The molecule has 0 amide bonds. The first-order valence-electron chi connectivity index (χ1n) is 8.26. The van der Waals surface area contributed by atoms with Gasteiger partial charge >= 0.3 is 0 Å². The van der Waals surface area contributed by atoms with Gasteiger partial charge in [0.2, 0.25) is 0 Å². The summed E-state index contributed by atoms with van der Waals surface area (Å²) >= 11 is 0. The third kappa shape index (κ3) is 2.74. The number of hydrogen-bond acceptors (Lipinski definition) is 2. The van der Waals surface area contributed by atoms with Gasteiger partial charge in [0, 0.05) is 28.6 Å². The number of aromatic hydroxyl groups is 1. The topological polar surface area (TPSA) is 45.2 Å². The number of fused-ring (bicyclic) bond motifs is 1. The van der Waals surface area contributed by atoms with E-state index in [1.807, 2.05) is 42.6 Å². The number of phenols is 1. The molecule has 1 atom stereocenters. The molecule has 0 saturated heterocycles. The summed E-state index contributed by atoms with van der Waals surface area (Å²) in [5.74, 6) is 0.904. The Labute approximate surface area is 146 Å². The molecular weight excluding hydrogens is 310 g/mol. The van der Waals surface area contributed by atoms with Gasteiger partial charge in [-0.3, -0.25) is 0 Å². The van der Waals surface area contributed by atoms with Crippen LogP contribution in [-0.2, 0) is 0 Å². The van der Waals surface area contributed by atoms with Crippen molar-refractivity contribution in [3.8, 4) is 11.5 Å². The van der Waals surface area contributed by atoms with Crippen LogP contribution in [0, 0.1) is 0 Å². The van der Waals surface area contributed by atoms with Crippen LogP contribution in [0.5, 0.6) is 11.5 Å². The van der Waals surface area contributed by atoms with Crippen molar-refractivity contribution in [2.24, 2.45) is 0 Å². The SMILES string of the molecule is COc1ccc(O)c(C(c2ccccc2)c2c[nH]c3ccccc23)c1. The van der Waals surface area contributed by atoms with Gasteiger partial charge in [-0.25, -0.2) is 0 Å². The Morgan fingerprint density at radius 1 is 0.880 bits per heavy atom. The Kier molecular flexibility index (Phi) is 3.90. The minimum Gasteiger partial charge on any atom is -0.508 e. The first-order valence-corrected chi connectivity index (χ1v) is 8.26. The lowest BCUT2D eigenvalue weighted by Crippen LogP contribution is -2.03. The largest absolute Gasteiger partial charge is 0.508 e. The van der Waals surface area contributed by atoms with Crippen LogP contribution < -0.4 is 4.74 Å². The first kappa shape index (κ1) is 15.3. The van der Waals surface area contributed by atoms with Crippen molar-refractivity contribution in [2.75, 3.05) is 7.11 Å². The van der Waals surface area contributed by atoms with Gasteiger partial charge in [0.15, 0.2) is 0 Å². The molecule has 1 heterocycles. The molecule has 124 valence electrons. The number of phenolic OH excluding ortho intramolecular Hbond substituents is 1.